The minimum atomic E-state index is -1.19. The first kappa shape index (κ1) is 11.7. The van der Waals surface area contributed by atoms with E-state index in [9.17, 15) is 14.9 Å². The van der Waals surface area contributed by atoms with Crippen LogP contribution in [0.15, 0.2) is 30.5 Å². The molecule has 18 heavy (non-hydrogen) atoms. The van der Waals surface area contributed by atoms with E-state index in [-0.39, 0.29) is 17.9 Å². The number of aromatic carboxylic acids is 1. The second-order valence-corrected chi connectivity index (χ2v) is 3.49. The van der Waals surface area contributed by atoms with Gasteiger partial charge in [0.05, 0.1) is 23.2 Å². The zero-order chi connectivity index (χ0) is 13.1. The molecule has 8 nitrogen and oxygen atoms in total. The fourth-order valence-corrected chi connectivity index (χ4v) is 1.47. The Hall–Kier alpha value is -2.77. The van der Waals surface area contributed by atoms with E-state index >= 15 is 0 Å². The van der Waals surface area contributed by atoms with Crippen molar-refractivity contribution in [3.8, 4) is 0 Å². The second-order valence-electron chi connectivity index (χ2n) is 3.49. The molecular formula is C10H8N4O4. The van der Waals surface area contributed by atoms with Gasteiger partial charge < -0.3 is 5.11 Å². The lowest BCUT2D eigenvalue weighted by molar-refractivity contribution is -0.385. The molecule has 0 radical (unpaired) electrons. The van der Waals surface area contributed by atoms with Crippen LogP contribution < -0.4 is 0 Å². The Morgan fingerprint density at radius 3 is 2.78 bits per heavy atom. The van der Waals surface area contributed by atoms with Gasteiger partial charge in [0.1, 0.15) is 0 Å². The van der Waals surface area contributed by atoms with Crippen LogP contribution in [0.25, 0.3) is 0 Å². The van der Waals surface area contributed by atoms with Gasteiger partial charge in [0, 0.05) is 6.07 Å². The number of para-hydroxylation sites is 1. The molecule has 0 bridgehead atoms. The normalized spacial score (nSPS) is 10.2. The van der Waals surface area contributed by atoms with Gasteiger partial charge in [0.2, 0.25) is 0 Å². The van der Waals surface area contributed by atoms with E-state index in [1.54, 1.807) is 18.2 Å². The summed E-state index contributed by atoms with van der Waals surface area (Å²) < 4.78 is 1.24. The highest BCUT2D eigenvalue weighted by Gasteiger charge is 2.14. The van der Waals surface area contributed by atoms with E-state index in [1.165, 1.54) is 16.9 Å². The van der Waals surface area contributed by atoms with E-state index < -0.39 is 10.9 Å². The smallest absolute Gasteiger partial charge is 0.358 e. The highest BCUT2D eigenvalue weighted by Crippen LogP contribution is 2.18. The van der Waals surface area contributed by atoms with Crippen LogP contribution in [0.5, 0.6) is 0 Å². The Kier molecular flexibility index (Phi) is 3.00. The minimum absolute atomic E-state index is 0.0372. The zero-order valence-electron chi connectivity index (χ0n) is 9.05. The van der Waals surface area contributed by atoms with Crippen molar-refractivity contribution in [2.45, 2.75) is 6.54 Å². The van der Waals surface area contributed by atoms with Crippen molar-refractivity contribution in [1.82, 2.24) is 15.0 Å². The van der Waals surface area contributed by atoms with Crippen molar-refractivity contribution >= 4 is 11.7 Å². The summed E-state index contributed by atoms with van der Waals surface area (Å²) in [5, 5.41) is 26.5. The summed E-state index contributed by atoms with van der Waals surface area (Å²) in [5.41, 5.74) is 0.197. The molecule has 92 valence electrons. The third-order valence-electron chi connectivity index (χ3n) is 2.28. The number of carbonyl (C=O) groups is 1. The van der Waals surface area contributed by atoms with Gasteiger partial charge in [-0.15, -0.1) is 5.10 Å². The number of carboxylic acid groups (broad SMARTS) is 1. The Labute approximate surface area is 101 Å². The third-order valence-corrected chi connectivity index (χ3v) is 2.28. The quantitative estimate of drug-likeness (QED) is 0.636. The molecule has 1 N–H and O–H groups in total. The van der Waals surface area contributed by atoms with Crippen LogP contribution in [-0.2, 0) is 6.54 Å². The minimum Gasteiger partial charge on any atom is -0.476 e. The molecule has 1 aromatic heterocycles. The fourth-order valence-electron chi connectivity index (χ4n) is 1.47. The van der Waals surface area contributed by atoms with Crippen LogP contribution in [0.4, 0.5) is 5.69 Å². The maximum Gasteiger partial charge on any atom is 0.358 e. The van der Waals surface area contributed by atoms with Gasteiger partial charge in [-0.1, -0.05) is 23.4 Å². The maximum absolute atomic E-state index is 10.8. The maximum atomic E-state index is 10.8. The summed E-state index contributed by atoms with van der Waals surface area (Å²) >= 11 is 0. The Morgan fingerprint density at radius 2 is 2.17 bits per heavy atom. The molecule has 1 aromatic carbocycles. The second kappa shape index (κ2) is 4.62. The SMILES string of the molecule is O=C(O)c1cn(Cc2ccccc2[N+](=O)[O-])nn1. The molecule has 0 unspecified atom stereocenters. The Morgan fingerprint density at radius 1 is 1.44 bits per heavy atom. The first-order valence-electron chi connectivity index (χ1n) is 4.93. The molecule has 8 heteroatoms. The number of hydrogen-bond acceptors (Lipinski definition) is 5. The summed E-state index contributed by atoms with van der Waals surface area (Å²) in [4.78, 5) is 20.9. The van der Waals surface area contributed by atoms with Crippen molar-refractivity contribution in [3.63, 3.8) is 0 Å². The molecule has 0 amide bonds. The predicted octanol–water partition coefficient (Wildman–Crippen LogP) is 0.933. The standard InChI is InChI=1S/C10H8N4O4/c15-10(16)8-6-13(12-11-8)5-7-3-1-2-4-9(7)14(17)18/h1-4,6H,5H2,(H,15,16). The first-order valence-corrected chi connectivity index (χ1v) is 4.93. The Bertz CT molecular complexity index is 607. The third kappa shape index (κ3) is 2.32. The van der Waals surface area contributed by atoms with E-state index in [0.29, 0.717) is 5.56 Å². The lowest BCUT2D eigenvalue weighted by Gasteiger charge is -2.01. The van der Waals surface area contributed by atoms with Gasteiger partial charge >= 0.3 is 5.97 Å². The van der Waals surface area contributed by atoms with Crippen LogP contribution in [0, 0.1) is 10.1 Å². The molecule has 1 heterocycles. The molecule has 0 aliphatic heterocycles. The highest BCUT2D eigenvalue weighted by atomic mass is 16.6. The van der Waals surface area contributed by atoms with Gasteiger partial charge in [-0.05, 0) is 0 Å². The molecule has 0 spiro atoms. The molecule has 0 atom stereocenters. The number of nitro groups is 1. The van der Waals surface area contributed by atoms with Gasteiger partial charge in [0.25, 0.3) is 5.69 Å². The van der Waals surface area contributed by atoms with E-state index in [1.807, 2.05) is 0 Å². The van der Waals surface area contributed by atoms with Crippen LogP contribution in [-0.4, -0.2) is 31.0 Å². The number of hydrogen-bond donors (Lipinski definition) is 1. The number of carboxylic acids is 1. The monoisotopic (exact) mass is 248 g/mol. The van der Waals surface area contributed by atoms with E-state index in [2.05, 4.69) is 10.3 Å². The summed E-state index contributed by atoms with van der Waals surface area (Å²) in [5.74, 6) is -1.19. The van der Waals surface area contributed by atoms with Crippen LogP contribution >= 0.6 is 0 Å². The number of nitro benzene ring substituents is 1. The van der Waals surface area contributed by atoms with E-state index in [4.69, 9.17) is 5.11 Å². The molecule has 0 aliphatic rings. The average Bonchev–Trinajstić information content (AvgIpc) is 2.78. The Balaban J connectivity index is 2.28. The molecule has 0 aliphatic carbocycles. The molecule has 0 fully saturated rings. The number of rotatable bonds is 4. The lowest BCUT2D eigenvalue weighted by atomic mass is 10.2. The van der Waals surface area contributed by atoms with Crippen LogP contribution in [0.2, 0.25) is 0 Å². The van der Waals surface area contributed by atoms with Crippen molar-refractivity contribution in [2.24, 2.45) is 0 Å². The molecule has 2 rings (SSSR count). The highest BCUT2D eigenvalue weighted by molar-refractivity contribution is 5.84. The number of nitrogens with zero attached hydrogens (tertiary/aromatic N) is 4. The van der Waals surface area contributed by atoms with Gasteiger partial charge in [0.15, 0.2) is 5.69 Å². The van der Waals surface area contributed by atoms with Crippen molar-refractivity contribution < 1.29 is 14.8 Å². The molecule has 0 saturated heterocycles. The average molecular weight is 248 g/mol. The summed E-state index contributed by atoms with van der Waals surface area (Å²) in [7, 11) is 0. The summed E-state index contributed by atoms with van der Waals surface area (Å²) in [6.07, 6.45) is 1.22. The molecule has 2 aromatic rings. The molecular weight excluding hydrogens is 240 g/mol. The lowest BCUT2D eigenvalue weighted by Crippen LogP contribution is -2.03. The summed E-state index contributed by atoms with van der Waals surface area (Å²) in [6.45, 7) is 0.0947. The number of benzene rings is 1. The number of aromatic nitrogens is 3. The zero-order valence-corrected chi connectivity index (χ0v) is 9.05. The fraction of sp³-hybridized carbons (Fsp3) is 0.100. The van der Waals surface area contributed by atoms with Gasteiger partial charge in [-0.25, -0.2) is 9.48 Å². The van der Waals surface area contributed by atoms with Crippen molar-refractivity contribution in [1.29, 1.82) is 0 Å². The summed E-state index contributed by atoms with van der Waals surface area (Å²) in [6, 6.07) is 6.19. The van der Waals surface area contributed by atoms with E-state index in [0.717, 1.165) is 0 Å². The molecule has 0 saturated carbocycles. The van der Waals surface area contributed by atoms with Gasteiger partial charge in [-0.3, -0.25) is 10.1 Å². The van der Waals surface area contributed by atoms with Crippen molar-refractivity contribution in [2.75, 3.05) is 0 Å². The largest absolute Gasteiger partial charge is 0.476 e. The predicted molar refractivity (Wildman–Crippen MR) is 59.2 cm³/mol. The van der Waals surface area contributed by atoms with Crippen LogP contribution in [0.1, 0.15) is 16.1 Å². The van der Waals surface area contributed by atoms with Crippen LogP contribution in [0.3, 0.4) is 0 Å². The van der Waals surface area contributed by atoms with Crippen molar-refractivity contribution in [3.05, 3.63) is 51.8 Å². The first-order chi connectivity index (χ1) is 8.58. The topological polar surface area (TPSA) is 111 Å². The van der Waals surface area contributed by atoms with Gasteiger partial charge in [-0.2, -0.15) is 0 Å².